The van der Waals surface area contributed by atoms with Gasteiger partial charge in [-0.25, -0.2) is 14.4 Å². The van der Waals surface area contributed by atoms with Crippen molar-refractivity contribution >= 4 is 41.8 Å². The van der Waals surface area contributed by atoms with Gasteiger partial charge < -0.3 is 53.2 Å². The van der Waals surface area contributed by atoms with E-state index in [1.165, 1.54) is 49.5 Å². The first-order valence-corrected chi connectivity index (χ1v) is 19.1. The molecule has 1 aromatic heterocycles. The first kappa shape index (κ1) is 44.1. The number of hydrogen-bond donors (Lipinski definition) is 3. The molecule has 3 heterocycles. The molecule has 1 spiro atoms. The average Bonchev–Trinajstić information content (AvgIpc) is 3.40. The number of cyclic esters (lactones) is 1. The van der Waals surface area contributed by atoms with E-state index in [2.05, 4.69) is 4.98 Å². The molecule has 3 fully saturated rings. The first-order chi connectivity index (χ1) is 28.0. The molecule has 4 aliphatic rings. The number of carbonyl (C=O) groups is 7. The van der Waals surface area contributed by atoms with Crippen LogP contribution >= 0.6 is 0 Å². The van der Waals surface area contributed by atoms with Gasteiger partial charge in [-0.05, 0) is 57.9 Å². The fourth-order valence-electron chi connectivity index (χ4n) is 9.45. The number of rotatable bonds is 7. The predicted molar refractivity (Wildman–Crippen MR) is 197 cm³/mol. The highest BCUT2D eigenvalue weighted by Gasteiger charge is 2.91. The van der Waals surface area contributed by atoms with Crippen molar-refractivity contribution in [3.05, 3.63) is 65.5 Å². The second kappa shape index (κ2) is 15.8. The summed E-state index contributed by atoms with van der Waals surface area (Å²) in [6.07, 6.45) is -12.0. The maximum atomic E-state index is 14.3. The number of fused-ring (bicyclic) bond motifs is 5. The molecule has 324 valence electrons. The summed E-state index contributed by atoms with van der Waals surface area (Å²) in [7, 11) is 0. The number of hydrogen-bond acceptors (Lipinski definition) is 19. The summed E-state index contributed by atoms with van der Waals surface area (Å²) >= 11 is 0. The third kappa shape index (κ3) is 7.16. The summed E-state index contributed by atoms with van der Waals surface area (Å²) in [5, 5.41) is 37.4. The van der Waals surface area contributed by atoms with Crippen molar-refractivity contribution < 1.29 is 86.8 Å². The van der Waals surface area contributed by atoms with E-state index in [9.17, 15) is 48.9 Å². The Hall–Kier alpha value is -5.50. The van der Waals surface area contributed by atoms with Gasteiger partial charge in [-0.2, -0.15) is 0 Å². The van der Waals surface area contributed by atoms with E-state index in [4.69, 9.17) is 37.9 Å². The lowest BCUT2D eigenvalue weighted by atomic mass is 9.45. The Labute approximate surface area is 343 Å². The Morgan fingerprint density at radius 3 is 2.07 bits per heavy atom. The van der Waals surface area contributed by atoms with E-state index in [0.29, 0.717) is 0 Å². The van der Waals surface area contributed by atoms with Crippen molar-refractivity contribution in [2.24, 2.45) is 11.3 Å². The molecule has 0 unspecified atom stereocenters. The van der Waals surface area contributed by atoms with Crippen LogP contribution in [0, 0.1) is 11.3 Å². The average molecular weight is 842 g/mol. The maximum absolute atomic E-state index is 14.3. The molecule has 19 nitrogen and oxygen atoms in total. The molecule has 3 N–H and O–H groups in total. The molecule has 6 rings (SSSR count). The van der Waals surface area contributed by atoms with Crippen LogP contribution in [-0.4, -0.2) is 134 Å². The van der Waals surface area contributed by atoms with Gasteiger partial charge in [0.25, 0.3) is 0 Å². The van der Waals surface area contributed by atoms with Crippen LogP contribution in [0.5, 0.6) is 0 Å². The lowest BCUT2D eigenvalue weighted by molar-refractivity contribution is -0.386. The highest BCUT2D eigenvalue weighted by Crippen LogP contribution is 2.70. The Morgan fingerprint density at radius 2 is 1.45 bits per heavy atom. The molecule has 2 saturated carbocycles. The Balaban J connectivity index is 1.76. The lowest BCUT2D eigenvalue weighted by Crippen LogP contribution is -2.89. The summed E-state index contributed by atoms with van der Waals surface area (Å²) in [4.78, 5) is 99.1. The number of pyridine rings is 1. The van der Waals surface area contributed by atoms with Crippen LogP contribution in [0.25, 0.3) is 0 Å². The fraction of sp³-hybridized carbons (Fsp3) is 0.561. The number of esters is 7. The van der Waals surface area contributed by atoms with Gasteiger partial charge in [0.1, 0.15) is 54.2 Å². The third-order valence-electron chi connectivity index (χ3n) is 11.9. The SMILES string of the molecule is CC(=O)OC[C@]12[C@H](OC(C)=O)[C@H](OC(C)=O)[C@@H]3[C@@H](OC(=O)c4ccccc4)[C@@]14O[C@@]3(C)COC(=O)c1cccnc1CC[C@](C)(O)C(=O)O[C@@H]([C@H](O)[C@@H]2OC(C)=O)[C@]4(C)O. The highest BCUT2D eigenvalue weighted by molar-refractivity contribution is 5.91. The summed E-state index contributed by atoms with van der Waals surface area (Å²) in [6.45, 7) is 5.45. The van der Waals surface area contributed by atoms with Gasteiger partial charge in [-0.15, -0.1) is 0 Å². The van der Waals surface area contributed by atoms with Gasteiger partial charge in [0, 0.05) is 33.9 Å². The predicted octanol–water partition coefficient (Wildman–Crippen LogP) is 0.701. The van der Waals surface area contributed by atoms with Crippen LogP contribution in [-0.2, 0) is 68.3 Å². The summed E-state index contributed by atoms with van der Waals surface area (Å²) in [5.74, 6) is -9.28. The standard InChI is InChI=1S/C41H47NO18/c1-20(43)53-19-40-32(56-22(3)45)28(47)31-39(7,52)41(40)30(58-34(48)24-12-9-8-10-13-24)27(29(55-21(2)44)33(40)57-23(4)46)38(6,60-41)18-54-35(49)25-14-11-17-42-26(25)15-16-37(5,51)36(50)59-31/h8-14,17,27-33,47,51-52H,15-16,18-19H2,1-7H3/t27-,28+,29-,30-,31+,32+,33-,37+,38+,39+,40+,41+/m1/s1. The molecular formula is C41H47NO18. The molecule has 0 radical (unpaired) electrons. The second-order valence-corrected chi connectivity index (χ2v) is 16.1. The van der Waals surface area contributed by atoms with E-state index >= 15 is 0 Å². The number of aromatic nitrogens is 1. The number of aryl methyl sites for hydroxylation is 1. The first-order valence-electron chi connectivity index (χ1n) is 19.1. The van der Waals surface area contributed by atoms with E-state index in [0.717, 1.165) is 41.5 Å². The van der Waals surface area contributed by atoms with Crippen LogP contribution in [0.2, 0.25) is 0 Å². The smallest absolute Gasteiger partial charge is 0.340 e. The van der Waals surface area contributed by atoms with Crippen molar-refractivity contribution in [1.29, 1.82) is 0 Å². The zero-order chi connectivity index (χ0) is 44.2. The fourth-order valence-corrected chi connectivity index (χ4v) is 9.45. The molecule has 1 aromatic carbocycles. The number of aliphatic hydroxyl groups is 3. The number of aliphatic hydroxyl groups excluding tert-OH is 1. The van der Waals surface area contributed by atoms with Gasteiger partial charge in [-0.1, -0.05) is 18.2 Å². The molecule has 12 atom stereocenters. The zero-order valence-corrected chi connectivity index (χ0v) is 33.9. The molecule has 4 bridgehead atoms. The summed E-state index contributed by atoms with van der Waals surface area (Å²) in [6, 6.07) is 10.3. The zero-order valence-electron chi connectivity index (χ0n) is 33.9. The van der Waals surface area contributed by atoms with Gasteiger partial charge in [0.15, 0.2) is 23.4 Å². The van der Waals surface area contributed by atoms with Gasteiger partial charge >= 0.3 is 41.8 Å². The molecular weight excluding hydrogens is 794 g/mol. The van der Waals surface area contributed by atoms with Crippen molar-refractivity contribution in [3.63, 3.8) is 0 Å². The normalized spacial score (nSPS) is 37.1. The topological polar surface area (TPSA) is 267 Å². The van der Waals surface area contributed by atoms with Crippen LogP contribution in [0.1, 0.15) is 81.3 Å². The largest absolute Gasteiger partial charge is 0.465 e. The monoisotopic (exact) mass is 841 g/mol. The Bertz CT molecular complexity index is 2070. The summed E-state index contributed by atoms with van der Waals surface area (Å²) in [5.41, 5.74) is -13.0. The van der Waals surface area contributed by atoms with E-state index in [1.54, 1.807) is 6.07 Å². The van der Waals surface area contributed by atoms with E-state index in [-0.39, 0.29) is 23.2 Å². The van der Waals surface area contributed by atoms with E-state index < -0.39 is 132 Å². The van der Waals surface area contributed by atoms with Crippen LogP contribution in [0.15, 0.2) is 48.7 Å². The quantitative estimate of drug-likeness (QED) is 0.256. The van der Waals surface area contributed by atoms with Gasteiger partial charge in [0.2, 0.25) is 0 Å². The minimum atomic E-state index is -2.94. The Kier molecular flexibility index (Phi) is 11.6. The molecule has 19 heteroatoms. The summed E-state index contributed by atoms with van der Waals surface area (Å²) < 4.78 is 48.4. The van der Waals surface area contributed by atoms with Crippen molar-refractivity contribution in [1.82, 2.24) is 4.98 Å². The van der Waals surface area contributed by atoms with Crippen molar-refractivity contribution in [2.45, 2.75) is 120 Å². The van der Waals surface area contributed by atoms with Gasteiger partial charge in [-0.3, -0.25) is 24.2 Å². The number of ether oxygens (including phenoxy) is 8. The molecule has 2 aliphatic heterocycles. The van der Waals surface area contributed by atoms with Gasteiger partial charge in [0.05, 0.1) is 22.7 Å². The molecule has 1 saturated heterocycles. The van der Waals surface area contributed by atoms with E-state index in [1.807, 2.05) is 0 Å². The second-order valence-electron chi connectivity index (χ2n) is 16.1. The number of nitrogens with zero attached hydrogens (tertiary/aromatic N) is 1. The minimum Gasteiger partial charge on any atom is -0.465 e. The minimum absolute atomic E-state index is 0.0459. The van der Waals surface area contributed by atoms with Crippen LogP contribution in [0.4, 0.5) is 0 Å². The third-order valence-corrected chi connectivity index (χ3v) is 11.9. The number of carbonyl (C=O) groups excluding carboxylic acids is 7. The molecule has 2 aliphatic carbocycles. The van der Waals surface area contributed by atoms with Crippen molar-refractivity contribution in [3.8, 4) is 0 Å². The van der Waals surface area contributed by atoms with Crippen LogP contribution in [0.3, 0.4) is 0 Å². The maximum Gasteiger partial charge on any atom is 0.340 e. The van der Waals surface area contributed by atoms with Crippen LogP contribution < -0.4 is 0 Å². The molecule has 0 amide bonds. The molecule has 2 aromatic rings. The molecule has 60 heavy (non-hydrogen) atoms. The van der Waals surface area contributed by atoms with Crippen molar-refractivity contribution in [2.75, 3.05) is 13.2 Å². The number of benzene rings is 1. The lowest BCUT2D eigenvalue weighted by Gasteiger charge is -2.67. The highest BCUT2D eigenvalue weighted by atomic mass is 16.7. The Morgan fingerprint density at radius 1 is 0.817 bits per heavy atom.